The molecule has 3 aromatic carbocycles. The summed E-state index contributed by atoms with van der Waals surface area (Å²) in [5, 5.41) is 3.03. The zero-order valence-electron chi connectivity index (χ0n) is 19.9. The van der Waals surface area contributed by atoms with Gasteiger partial charge in [-0.25, -0.2) is 0 Å². The van der Waals surface area contributed by atoms with Gasteiger partial charge in [-0.15, -0.1) is 0 Å². The molecule has 0 fully saturated rings. The van der Waals surface area contributed by atoms with E-state index in [1.54, 1.807) is 4.90 Å². The third-order valence-electron chi connectivity index (χ3n) is 5.40. The lowest BCUT2D eigenvalue weighted by Crippen LogP contribution is -2.52. The summed E-state index contributed by atoms with van der Waals surface area (Å²) < 4.78 is 7.85. The predicted octanol–water partition coefficient (Wildman–Crippen LogP) is 5.84. The maximum Gasteiger partial charge on any atom is 0.261 e. The summed E-state index contributed by atoms with van der Waals surface area (Å²) in [5.74, 6) is 0.511. The molecule has 3 aromatic rings. The van der Waals surface area contributed by atoms with Gasteiger partial charge in [-0.1, -0.05) is 72.2 Å². The molecule has 0 aliphatic rings. The van der Waals surface area contributed by atoms with Crippen molar-refractivity contribution in [1.29, 1.82) is 0 Å². The molecule has 184 valence electrons. The first kappa shape index (κ1) is 27.2. The van der Waals surface area contributed by atoms with Crippen molar-refractivity contribution in [2.45, 2.75) is 32.9 Å². The van der Waals surface area contributed by atoms with Crippen molar-refractivity contribution in [1.82, 2.24) is 10.2 Å². The van der Waals surface area contributed by atoms with Crippen LogP contribution in [0.25, 0.3) is 0 Å². The van der Waals surface area contributed by atoms with Crippen LogP contribution in [0.5, 0.6) is 5.75 Å². The molecule has 0 bridgehead atoms. The Morgan fingerprint density at radius 2 is 1.60 bits per heavy atom. The molecule has 1 N–H and O–H groups in total. The molecule has 0 spiro atoms. The van der Waals surface area contributed by atoms with Crippen LogP contribution in [0.2, 0.25) is 0 Å². The Morgan fingerprint density at radius 3 is 2.23 bits per heavy atom. The maximum absolute atomic E-state index is 13.5. The van der Waals surface area contributed by atoms with E-state index >= 15 is 0 Å². The number of ether oxygens (including phenoxy) is 1. The third-order valence-corrected chi connectivity index (χ3v) is 6.65. The fourth-order valence-corrected chi connectivity index (χ4v) is 4.15. The fraction of sp³-hybridized carbons (Fsp3) is 0.286. The lowest BCUT2D eigenvalue weighted by Gasteiger charge is -2.31. The van der Waals surface area contributed by atoms with E-state index in [4.69, 9.17) is 4.74 Å². The van der Waals surface area contributed by atoms with E-state index in [9.17, 15) is 9.59 Å². The van der Waals surface area contributed by atoms with Gasteiger partial charge in [0.15, 0.2) is 6.61 Å². The summed E-state index contributed by atoms with van der Waals surface area (Å²) in [5.41, 5.74) is 1.93. The van der Waals surface area contributed by atoms with Crippen LogP contribution >= 0.6 is 38.5 Å². The molecule has 5 nitrogen and oxygen atoms in total. The predicted molar refractivity (Wildman–Crippen MR) is 151 cm³/mol. The molecule has 0 saturated carbocycles. The monoisotopic (exact) mass is 648 g/mol. The Kier molecular flexibility index (Phi) is 10.6. The lowest BCUT2D eigenvalue weighted by atomic mass is 10.0. The molecule has 2 amide bonds. The van der Waals surface area contributed by atoms with Crippen molar-refractivity contribution in [2.24, 2.45) is 5.92 Å². The average molecular weight is 649 g/mol. The van der Waals surface area contributed by atoms with E-state index in [-0.39, 0.29) is 18.4 Å². The molecule has 0 saturated heterocycles. The molecule has 7 heteroatoms. The zero-order chi connectivity index (χ0) is 25.2. The third kappa shape index (κ3) is 8.96. The molecular weight excluding hydrogens is 619 g/mol. The Bertz CT molecular complexity index is 1090. The standard InChI is InChI=1S/C28H30BrIN2O3/c1-20(2)17-31-28(34)26(16-21-6-4-3-5-7-21)32(18-22-8-10-23(29)11-9-22)27(33)19-35-25-14-12-24(30)13-15-25/h3-15,20,26H,16-19H2,1-2H3,(H,31,34)/t26-/m0/s1. The zero-order valence-corrected chi connectivity index (χ0v) is 23.7. The summed E-state index contributed by atoms with van der Waals surface area (Å²) in [6.45, 7) is 4.79. The number of carbonyl (C=O) groups excluding carboxylic acids is 2. The average Bonchev–Trinajstić information content (AvgIpc) is 2.86. The van der Waals surface area contributed by atoms with Gasteiger partial charge in [0.1, 0.15) is 11.8 Å². The first-order valence-electron chi connectivity index (χ1n) is 11.6. The second kappa shape index (κ2) is 13.6. The van der Waals surface area contributed by atoms with Crippen molar-refractivity contribution >= 4 is 50.3 Å². The van der Waals surface area contributed by atoms with Crippen LogP contribution in [0.4, 0.5) is 0 Å². The smallest absolute Gasteiger partial charge is 0.261 e. The van der Waals surface area contributed by atoms with Gasteiger partial charge in [0.25, 0.3) is 5.91 Å². The summed E-state index contributed by atoms with van der Waals surface area (Å²) in [7, 11) is 0. The van der Waals surface area contributed by atoms with Crippen molar-refractivity contribution in [3.63, 3.8) is 0 Å². The number of carbonyl (C=O) groups is 2. The van der Waals surface area contributed by atoms with Crippen molar-refractivity contribution in [2.75, 3.05) is 13.2 Å². The van der Waals surface area contributed by atoms with Gasteiger partial charge >= 0.3 is 0 Å². The number of nitrogens with one attached hydrogen (secondary N) is 1. The second-order valence-corrected chi connectivity index (χ2v) is 10.9. The number of hydrogen-bond donors (Lipinski definition) is 1. The van der Waals surface area contributed by atoms with Crippen molar-refractivity contribution < 1.29 is 14.3 Å². The van der Waals surface area contributed by atoms with Gasteiger partial charge < -0.3 is 15.0 Å². The summed E-state index contributed by atoms with van der Waals surface area (Å²) in [6.07, 6.45) is 0.413. The fourth-order valence-electron chi connectivity index (χ4n) is 3.52. The Morgan fingerprint density at radius 1 is 0.943 bits per heavy atom. The lowest BCUT2D eigenvalue weighted by molar-refractivity contribution is -0.142. The van der Waals surface area contributed by atoms with E-state index < -0.39 is 6.04 Å². The molecule has 1 atom stereocenters. The van der Waals surface area contributed by atoms with Crippen LogP contribution in [0, 0.1) is 9.49 Å². The highest BCUT2D eigenvalue weighted by Crippen LogP contribution is 2.18. The molecule has 3 rings (SSSR count). The molecular formula is C28H30BrIN2O3. The van der Waals surface area contributed by atoms with E-state index in [2.05, 4.69) is 43.8 Å². The highest BCUT2D eigenvalue weighted by molar-refractivity contribution is 14.1. The molecule has 0 radical (unpaired) electrons. The number of hydrogen-bond acceptors (Lipinski definition) is 3. The largest absolute Gasteiger partial charge is 0.484 e. The minimum atomic E-state index is -0.674. The number of amides is 2. The highest BCUT2D eigenvalue weighted by atomic mass is 127. The molecule has 0 aliphatic heterocycles. The van der Waals surface area contributed by atoms with Crippen molar-refractivity contribution in [3.8, 4) is 5.75 Å². The number of rotatable bonds is 11. The Labute approximate surface area is 229 Å². The number of halogens is 2. The summed E-state index contributed by atoms with van der Waals surface area (Å²) >= 11 is 5.69. The summed E-state index contributed by atoms with van der Waals surface area (Å²) in [6, 6.07) is 24.4. The highest BCUT2D eigenvalue weighted by Gasteiger charge is 2.30. The van der Waals surface area contributed by atoms with Crippen LogP contribution in [0.1, 0.15) is 25.0 Å². The minimum Gasteiger partial charge on any atom is -0.484 e. The maximum atomic E-state index is 13.5. The van der Waals surface area contributed by atoms with Crippen LogP contribution in [0.15, 0.2) is 83.3 Å². The normalized spacial score (nSPS) is 11.7. The summed E-state index contributed by atoms with van der Waals surface area (Å²) in [4.78, 5) is 28.6. The van der Waals surface area contributed by atoms with Gasteiger partial charge in [0.2, 0.25) is 5.91 Å². The van der Waals surface area contributed by atoms with Crippen LogP contribution in [0.3, 0.4) is 0 Å². The molecule has 0 aliphatic carbocycles. The number of benzene rings is 3. The van der Waals surface area contributed by atoms with Gasteiger partial charge in [-0.3, -0.25) is 9.59 Å². The van der Waals surface area contributed by atoms with E-state index in [0.717, 1.165) is 19.2 Å². The van der Waals surface area contributed by atoms with Gasteiger partial charge in [-0.2, -0.15) is 0 Å². The number of nitrogens with zero attached hydrogens (tertiary/aromatic N) is 1. The Balaban J connectivity index is 1.88. The van der Waals surface area contributed by atoms with Gasteiger partial charge in [0, 0.05) is 27.6 Å². The minimum absolute atomic E-state index is 0.153. The van der Waals surface area contributed by atoms with E-state index in [0.29, 0.717) is 31.2 Å². The second-order valence-electron chi connectivity index (χ2n) is 8.74. The van der Waals surface area contributed by atoms with E-state index in [1.165, 1.54) is 0 Å². The first-order valence-corrected chi connectivity index (χ1v) is 13.4. The topological polar surface area (TPSA) is 58.6 Å². The van der Waals surface area contributed by atoms with E-state index in [1.807, 2.05) is 92.7 Å². The van der Waals surface area contributed by atoms with Gasteiger partial charge in [-0.05, 0) is 76.0 Å². The SMILES string of the molecule is CC(C)CNC(=O)[C@H](Cc1ccccc1)N(Cc1ccc(Br)cc1)C(=O)COc1ccc(I)cc1. The molecule has 35 heavy (non-hydrogen) atoms. The van der Waals surface area contributed by atoms with Crippen LogP contribution in [-0.2, 0) is 22.6 Å². The molecule has 0 aromatic heterocycles. The first-order chi connectivity index (χ1) is 16.8. The van der Waals surface area contributed by atoms with Crippen molar-refractivity contribution in [3.05, 3.63) is 98.0 Å². The quantitative estimate of drug-likeness (QED) is 0.266. The Hall–Kier alpha value is -2.39. The molecule has 0 unspecified atom stereocenters. The van der Waals surface area contributed by atoms with Gasteiger partial charge in [0.05, 0.1) is 0 Å². The van der Waals surface area contributed by atoms with Crippen LogP contribution in [-0.4, -0.2) is 35.9 Å². The molecule has 0 heterocycles. The van der Waals surface area contributed by atoms with Crippen LogP contribution < -0.4 is 10.1 Å².